The Morgan fingerprint density at radius 2 is 2.23 bits per heavy atom. The molecule has 0 aliphatic carbocycles. The molecule has 0 aliphatic heterocycles. The monoisotopic (exact) mass is 185 g/mol. The summed E-state index contributed by atoms with van der Waals surface area (Å²) in [6, 6.07) is 3.16. The van der Waals surface area contributed by atoms with Gasteiger partial charge in [-0.2, -0.15) is 0 Å². The van der Waals surface area contributed by atoms with Crippen molar-refractivity contribution in [2.45, 2.75) is 13.0 Å². The molecule has 0 unspecified atom stereocenters. The van der Waals surface area contributed by atoms with E-state index < -0.39 is 16.8 Å². The molecular weight excluding hydrogens is 177 g/mol. The van der Waals surface area contributed by atoms with Gasteiger partial charge in [0.1, 0.15) is 5.82 Å². The maximum Gasteiger partial charge on any atom is 0.272 e. The van der Waals surface area contributed by atoms with E-state index in [1.807, 2.05) is 0 Å². The minimum atomic E-state index is -0.958. The summed E-state index contributed by atoms with van der Waals surface area (Å²) < 4.78 is 13.0. The summed E-state index contributed by atoms with van der Waals surface area (Å²) in [5.74, 6) is -0.760. The Kier molecular flexibility index (Phi) is 2.57. The maximum absolute atomic E-state index is 13.0. The number of aliphatic hydroxyl groups is 1. The quantitative estimate of drug-likeness (QED) is 0.564. The predicted molar refractivity (Wildman–Crippen MR) is 43.7 cm³/mol. The van der Waals surface area contributed by atoms with Crippen LogP contribution in [-0.2, 0) is 0 Å². The number of benzene rings is 1. The fraction of sp³-hybridized carbons (Fsp3) is 0.250. The van der Waals surface area contributed by atoms with E-state index in [0.717, 1.165) is 12.1 Å². The van der Waals surface area contributed by atoms with Gasteiger partial charge in [0.2, 0.25) is 0 Å². The molecule has 1 aromatic carbocycles. The van der Waals surface area contributed by atoms with Gasteiger partial charge in [-0.1, -0.05) is 0 Å². The molecule has 0 saturated carbocycles. The van der Waals surface area contributed by atoms with Crippen LogP contribution in [0.25, 0.3) is 0 Å². The molecule has 0 bridgehead atoms. The van der Waals surface area contributed by atoms with E-state index >= 15 is 0 Å². The lowest BCUT2D eigenvalue weighted by Gasteiger charge is -2.04. The van der Waals surface area contributed by atoms with E-state index in [0.29, 0.717) is 0 Å². The second-order valence-corrected chi connectivity index (χ2v) is 2.64. The first-order valence-electron chi connectivity index (χ1n) is 3.64. The maximum atomic E-state index is 13.0. The van der Waals surface area contributed by atoms with Crippen LogP contribution in [0, 0.1) is 15.9 Å². The molecule has 0 amide bonds. The van der Waals surface area contributed by atoms with E-state index in [2.05, 4.69) is 0 Å². The molecule has 1 N–H and O–H groups in total. The van der Waals surface area contributed by atoms with Gasteiger partial charge in [-0.05, 0) is 13.0 Å². The smallest absolute Gasteiger partial charge is 0.272 e. The lowest BCUT2D eigenvalue weighted by atomic mass is 10.1. The third kappa shape index (κ3) is 2.00. The van der Waals surface area contributed by atoms with Gasteiger partial charge < -0.3 is 5.11 Å². The standard InChI is InChI=1S/C8H8FNO3/c1-5(11)7-3-2-6(10(12)13)4-8(7)9/h2-5,11H,1H3/t5-/m1/s1. The molecule has 0 saturated heterocycles. The summed E-state index contributed by atoms with van der Waals surface area (Å²) in [4.78, 5) is 9.53. The molecule has 0 aromatic heterocycles. The molecular formula is C8H8FNO3. The zero-order valence-corrected chi connectivity index (χ0v) is 6.90. The van der Waals surface area contributed by atoms with Crippen molar-refractivity contribution in [3.63, 3.8) is 0 Å². The minimum absolute atomic E-state index is 0.0607. The molecule has 70 valence electrons. The number of nitro benzene ring substituents is 1. The Hall–Kier alpha value is -1.49. The van der Waals surface area contributed by atoms with E-state index in [4.69, 9.17) is 5.11 Å². The van der Waals surface area contributed by atoms with Gasteiger partial charge in [-0.3, -0.25) is 10.1 Å². The second kappa shape index (κ2) is 3.49. The van der Waals surface area contributed by atoms with Crippen molar-refractivity contribution in [2.75, 3.05) is 0 Å². The topological polar surface area (TPSA) is 63.4 Å². The Bertz CT molecular complexity index is 338. The zero-order valence-electron chi connectivity index (χ0n) is 6.90. The van der Waals surface area contributed by atoms with Gasteiger partial charge in [-0.15, -0.1) is 0 Å². The van der Waals surface area contributed by atoms with Crippen LogP contribution in [0.5, 0.6) is 0 Å². The third-order valence-electron chi connectivity index (χ3n) is 1.64. The van der Waals surface area contributed by atoms with Crippen LogP contribution in [0.4, 0.5) is 10.1 Å². The van der Waals surface area contributed by atoms with Gasteiger partial charge in [0.05, 0.1) is 17.1 Å². The highest BCUT2D eigenvalue weighted by Gasteiger charge is 2.13. The van der Waals surface area contributed by atoms with E-state index in [9.17, 15) is 14.5 Å². The number of aliphatic hydroxyl groups excluding tert-OH is 1. The van der Waals surface area contributed by atoms with Gasteiger partial charge >= 0.3 is 0 Å². The van der Waals surface area contributed by atoms with Crippen LogP contribution in [-0.4, -0.2) is 10.0 Å². The van der Waals surface area contributed by atoms with Gasteiger partial charge in [0, 0.05) is 11.6 Å². The molecule has 1 rings (SSSR count). The summed E-state index contributed by atoms with van der Waals surface area (Å²) in [6.07, 6.45) is -0.958. The highest BCUT2D eigenvalue weighted by molar-refractivity contribution is 5.34. The Morgan fingerprint density at radius 1 is 1.62 bits per heavy atom. The van der Waals surface area contributed by atoms with Crippen LogP contribution in [0.1, 0.15) is 18.6 Å². The molecule has 0 heterocycles. The summed E-state index contributed by atoms with van der Waals surface area (Å²) in [6.45, 7) is 1.39. The summed E-state index contributed by atoms with van der Waals surface area (Å²) in [5, 5.41) is 19.2. The average molecular weight is 185 g/mol. The van der Waals surface area contributed by atoms with Gasteiger partial charge in [0.15, 0.2) is 0 Å². The summed E-state index contributed by atoms with van der Waals surface area (Å²) in [5.41, 5.74) is -0.257. The SMILES string of the molecule is C[C@@H](O)c1ccc([N+](=O)[O-])cc1F. The fourth-order valence-electron chi connectivity index (χ4n) is 0.968. The Balaban J connectivity index is 3.13. The van der Waals surface area contributed by atoms with Gasteiger partial charge in [-0.25, -0.2) is 4.39 Å². The third-order valence-corrected chi connectivity index (χ3v) is 1.64. The molecule has 1 aromatic rings. The van der Waals surface area contributed by atoms with Gasteiger partial charge in [0.25, 0.3) is 5.69 Å². The molecule has 5 heteroatoms. The van der Waals surface area contributed by atoms with Crippen molar-refractivity contribution < 1.29 is 14.4 Å². The number of nitrogens with zero attached hydrogens (tertiary/aromatic N) is 1. The molecule has 0 fully saturated rings. The number of hydrogen-bond acceptors (Lipinski definition) is 3. The van der Waals surface area contributed by atoms with Crippen molar-refractivity contribution in [3.05, 3.63) is 39.7 Å². The van der Waals surface area contributed by atoms with Crippen molar-refractivity contribution in [1.82, 2.24) is 0 Å². The average Bonchev–Trinajstić information content (AvgIpc) is 2.03. The lowest BCUT2D eigenvalue weighted by Crippen LogP contribution is -1.97. The number of non-ortho nitro benzene ring substituents is 1. The summed E-state index contributed by atoms with van der Waals surface area (Å²) in [7, 11) is 0. The first-order chi connectivity index (χ1) is 6.02. The molecule has 0 aliphatic rings. The van der Waals surface area contributed by atoms with Crippen LogP contribution in [0.3, 0.4) is 0 Å². The number of rotatable bonds is 2. The Labute approximate surface area is 73.8 Å². The van der Waals surface area contributed by atoms with Crippen LogP contribution in [0.15, 0.2) is 18.2 Å². The number of hydrogen-bond donors (Lipinski definition) is 1. The normalized spacial score (nSPS) is 12.5. The molecule has 0 radical (unpaired) electrons. The molecule has 1 atom stereocenters. The number of nitro groups is 1. The molecule has 0 spiro atoms. The lowest BCUT2D eigenvalue weighted by molar-refractivity contribution is -0.385. The predicted octanol–water partition coefficient (Wildman–Crippen LogP) is 1.79. The largest absolute Gasteiger partial charge is 0.389 e. The summed E-state index contributed by atoms with van der Waals surface area (Å²) >= 11 is 0. The van der Waals surface area contributed by atoms with Crippen LogP contribution in [0.2, 0.25) is 0 Å². The van der Waals surface area contributed by atoms with Crippen molar-refractivity contribution in [3.8, 4) is 0 Å². The van der Waals surface area contributed by atoms with Crippen molar-refractivity contribution in [1.29, 1.82) is 0 Å². The highest BCUT2D eigenvalue weighted by atomic mass is 19.1. The molecule has 4 nitrogen and oxygen atoms in total. The van der Waals surface area contributed by atoms with E-state index in [-0.39, 0.29) is 11.3 Å². The van der Waals surface area contributed by atoms with Crippen LogP contribution < -0.4 is 0 Å². The minimum Gasteiger partial charge on any atom is -0.389 e. The molecule has 13 heavy (non-hydrogen) atoms. The fourth-order valence-corrected chi connectivity index (χ4v) is 0.968. The van der Waals surface area contributed by atoms with Crippen molar-refractivity contribution >= 4 is 5.69 Å². The first-order valence-corrected chi connectivity index (χ1v) is 3.64. The zero-order chi connectivity index (χ0) is 10.0. The Morgan fingerprint density at radius 3 is 2.62 bits per heavy atom. The first kappa shape index (κ1) is 9.60. The van der Waals surface area contributed by atoms with Crippen LogP contribution >= 0.6 is 0 Å². The number of halogens is 1. The van der Waals surface area contributed by atoms with Crippen molar-refractivity contribution in [2.24, 2.45) is 0 Å². The highest BCUT2D eigenvalue weighted by Crippen LogP contribution is 2.21. The van der Waals surface area contributed by atoms with E-state index in [1.165, 1.54) is 13.0 Å². The van der Waals surface area contributed by atoms with E-state index in [1.54, 1.807) is 0 Å². The second-order valence-electron chi connectivity index (χ2n) is 2.64.